The van der Waals surface area contributed by atoms with Crippen LogP contribution in [0.15, 0.2) is 84.9 Å². The lowest BCUT2D eigenvalue weighted by Gasteiger charge is -2.43. The topological polar surface area (TPSA) is 144 Å². The van der Waals surface area contributed by atoms with Gasteiger partial charge in [0.05, 0.1) is 56.9 Å². The van der Waals surface area contributed by atoms with Crippen LogP contribution in [0.5, 0.6) is 69.0 Å². The lowest BCUT2D eigenvalue weighted by atomic mass is 9.94. The van der Waals surface area contributed by atoms with E-state index in [1.807, 2.05) is 51.1 Å². The van der Waals surface area contributed by atoms with Crippen LogP contribution in [0.1, 0.15) is 63.8 Å². The van der Waals surface area contributed by atoms with Crippen LogP contribution < -0.4 is 42.3 Å². The maximum Gasteiger partial charge on any atom is 0.258 e. The molecule has 0 heterocycles. The Morgan fingerprint density at radius 2 is 0.857 bits per heavy atom. The smallest absolute Gasteiger partial charge is 0.258 e. The summed E-state index contributed by atoms with van der Waals surface area (Å²) in [5, 5.41) is 30.4. The fourth-order valence-electron chi connectivity index (χ4n) is 9.15. The van der Waals surface area contributed by atoms with E-state index < -0.39 is 8.32 Å². The van der Waals surface area contributed by atoms with E-state index in [0.29, 0.717) is 61.9 Å². The Kier molecular flexibility index (Phi) is 19.6. The van der Waals surface area contributed by atoms with Crippen LogP contribution in [0, 0.1) is 27.7 Å². The quantitative estimate of drug-likeness (QED) is 0.0794. The van der Waals surface area contributed by atoms with Gasteiger partial charge in [-0.15, -0.1) is 0 Å². The molecule has 0 radical (unpaired) electrons. The summed E-state index contributed by atoms with van der Waals surface area (Å²) >= 11 is 0. The molecule has 12 nitrogen and oxygen atoms in total. The van der Waals surface area contributed by atoms with Crippen LogP contribution in [0.2, 0.25) is 16.6 Å². The van der Waals surface area contributed by atoms with Crippen molar-refractivity contribution in [3.63, 3.8) is 0 Å². The summed E-state index contributed by atoms with van der Waals surface area (Å²) in [7, 11) is 10.7. The Morgan fingerprint density at radius 1 is 0.371 bits per heavy atom. The van der Waals surface area contributed by atoms with Crippen molar-refractivity contribution in [3.05, 3.63) is 107 Å². The summed E-state index contributed by atoms with van der Waals surface area (Å²) in [4.78, 5) is 0. The molecule has 0 atom stereocenters. The number of phenols is 3. The van der Waals surface area contributed by atoms with Gasteiger partial charge >= 0.3 is 0 Å². The molecule has 0 spiro atoms. The number of rotatable bonds is 16. The van der Waals surface area contributed by atoms with Gasteiger partial charge in [0.1, 0.15) is 46.0 Å². The van der Waals surface area contributed by atoms with E-state index in [1.54, 1.807) is 92.2 Å². The summed E-state index contributed by atoms with van der Waals surface area (Å²) in [6.45, 7) is 21.5. The molecular weight excluding hydrogens is 905 g/mol. The zero-order valence-corrected chi connectivity index (χ0v) is 45.3. The van der Waals surface area contributed by atoms with Crippen molar-refractivity contribution in [1.29, 1.82) is 0 Å². The first-order valence-corrected chi connectivity index (χ1v) is 25.3. The van der Waals surface area contributed by atoms with Crippen LogP contribution >= 0.6 is 0 Å². The van der Waals surface area contributed by atoms with Crippen LogP contribution in [0.3, 0.4) is 0 Å². The molecule has 0 saturated carbocycles. The van der Waals surface area contributed by atoms with Crippen LogP contribution in [-0.4, -0.2) is 80.5 Å². The van der Waals surface area contributed by atoms with E-state index in [-0.39, 0.29) is 17.2 Å². The number of aromatic hydroxyl groups is 3. The summed E-state index contributed by atoms with van der Waals surface area (Å²) in [5.41, 5.74) is 9.45. The maximum atomic E-state index is 10.8. The van der Waals surface area contributed by atoms with Crippen LogP contribution in [0.4, 0.5) is 0 Å². The van der Waals surface area contributed by atoms with Gasteiger partial charge in [0.2, 0.25) is 0 Å². The summed E-state index contributed by atoms with van der Waals surface area (Å²) in [6.07, 6.45) is 0. The number of benzene rings is 6. The molecule has 0 amide bonds. The van der Waals surface area contributed by atoms with Crippen LogP contribution in [-0.2, 0) is 0 Å². The molecule has 0 aliphatic carbocycles. The SMILES string of the molecule is COc1cc(-c2cc(-c3cc(C)cc(OC)c3O)c(OC)cc2OC)c(O)cc1C.COc1ccc(-c2cc(C)cc(OC)c2O[Si](C(C)C)(C(C)C)C(C)C)c(OC)c1.COc1ccc(O)cc1C. The third-order valence-corrected chi connectivity index (χ3v) is 18.5. The third kappa shape index (κ3) is 12.3. The number of aryl methyl sites for hydroxylation is 4. The summed E-state index contributed by atoms with van der Waals surface area (Å²) in [5.74, 6) is 6.29. The number of phenolic OH excluding ortho intramolecular Hbond substituents is 3. The molecule has 0 aliphatic heterocycles. The predicted octanol–water partition coefficient (Wildman–Crippen LogP) is 14.0. The highest BCUT2D eigenvalue weighted by Gasteiger charge is 2.48. The second-order valence-electron chi connectivity index (χ2n) is 17.9. The first kappa shape index (κ1) is 55.7. The number of methoxy groups -OCH3 is 8. The Labute approximate surface area is 416 Å². The van der Waals surface area contributed by atoms with E-state index in [2.05, 4.69) is 60.6 Å². The molecule has 6 rings (SSSR count). The molecule has 0 unspecified atom stereocenters. The minimum absolute atomic E-state index is 0.00299. The molecule has 6 aromatic rings. The molecule has 378 valence electrons. The Bertz CT molecular complexity index is 2690. The standard InChI is InChI=1S/C25H38O4Si.C24H26O6.C8H10O2/c1-16(2)30(17(3)4,18(5)6)29-25-22(13-19(7)14-24(25)28-10)21-12-11-20(26-8)15-23(21)27-9;1-13-7-18(24(26)23(8-13)30-6)17-10-16(21(28-4)12-22(17)29-5)15-11-20(27-3)14(2)9-19(15)25;1-6-5-7(9)3-4-8(6)10-2/h11-18H,1-10H3;7-12,25-26H,1-6H3;3-5,9H,1-2H3. The zero-order valence-electron chi connectivity index (χ0n) is 44.3. The minimum atomic E-state index is -2.19. The molecule has 0 saturated heterocycles. The van der Waals surface area contributed by atoms with E-state index in [9.17, 15) is 10.2 Å². The van der Waals surface area contributed by atoms with Crippen LogP contribution in [0.25, 0.3) is 33.4 Å². The molecule has 3 N–H and O–H groups in total. The molecule has 13 heteroatoms. The normalized spacial score (nSPS) is 11.0. The monoisotopic (exact) mass is 978 g/mol. The van der Waals surface area contributed by atoms with Gasteiger partial charge in [-0.05, 0) is 139 Å². The van der Waals surface area contributed by atoms with Gasteiger partial charge < -0.3 is 57.6 Å². The number of hydrogen-bond acceptors (Lipinski definition) is 12. The van der Waals surface area contributed by atoms with Crippen molar-refractivity contribution in [3.8, 4) is 102 Å². The highest BCUT2D eigenvalue weighted by molar-refractivity contribution is 6.78. The first-order chi connectivity index (χ1) is 33.2. The molecule has 70 heavy (non-hydrogen) atoms. The highest BCUT2D eigenvalue weighted by Crippen LogP contribution is 2.51. The third-order valence-electron chi connectivity index (χ3n) is 12.5. The second-order valence-corrected chi connectivity index (χ2v) is 23.3. The fraction of sp³-hybridized carbons (Fsp3) is 0.368. The molecule has 6 aromatic carbocycles. The average Bonchev–Trinajstić information content (AvgIpc) is 3.33. The largest absolute Gasteiger partial charge is 0.540 e. The molecule has 0 aliphatic rings. The van der Waals surface area contributed by atoms with E-state index in [0.717, 1.165) is 62.1 Å². The zero-order chi connectivity index (χ0) is 52.2. The Balaban J connectivity index is 0.000000254. The van der Waals surface area contributed by atoms with Crippen molar-refractivity contribution in [2.24, 2.45) is 0 Å². The first-order valence-electron chi connectivity index (χ1n) is 23.2. The number of hydrogen-bond donors (Lipinski definition) is 3. The molecule has 0 aromatic heterocycles. The number of ether oxygens (including phenoxy) is 8. The fourth-order valence-corrected chi connectivity index (χ4v) is 14.4. The van der Waals surface area contributed by atoms with Crippen molar-refractivity contribution >= 4 is 8.32 Å². The minimum Gasteiger partial charge on any atom is -0.540 e. The summed E-state index contributed by atoms with van der Waals surface area (Å²) in [6, 6.07) is 25.7. The van der Waals surface area contributed by atoms with Gasteiger partial charge in [0.15, 0.2) is 23.0 Å². The summed E-state index contributed by atoms with van der Waals surface area (Å²) < 4.78 is 50.9. The van der Waals surface area contributed by atoms with Gasteiger partial charge in [-0.2, -0.15) is 0 Å². The van der Waals surface area contributed by atoms with Gasteiger partial charge in [0.25, 0.3) is 8.32 Å². The van der Waals surface area contributed by atoms with Crippen molar-refractivity contribution in [2.75, 3.05) is 56.9 Å². The van der Waals surface area contributed by atoms with Gasteiger partial charge in [-0.1, -0.05) is 41.5 Å². The maximum absolute atomic E-state index is 10.8. The Hall–Kier alpha value is -6.86. The second kappa shape index (κ2) is 24.6. The van der Waals surface area contributed by atoms with Crippen molar-refractivity contribution < 1.29 is 57.6 Å². The van der Waals surface area contributed by atoms with Crippen molar-refractivity contribution in [2.45, 2.75) is 85.9 Å². The van der Waals surface area contributed by atoms with E-state index in [4.69, 9.17) is 47.4 Å². The average molecular weight is 979 g/mol. The highest BCUT2D eigenvalue weighted by atomic mass is 28.4. The van der Waals surface area contributed by atoms with Gasteiger partial charge in [-0.25, -0.2) is 0 Å². The predicted molar refractivity (Wildman–Crippen MR) is 284 cm³/mol. The molecule has 0 fully saturated rings. The van der Waals surface area contributed by atoms with Crippen molar-refractivity contribution in [1.82, 2.24) is 0 Å². The lowest BCUT2D eigenvalue weighted by molar-refractivity contribution is 0.373. The van der Waals surface area contributed by atoms with Gasteiger partial charge in [-0.3, -0.25) is 0 Å². The molecule has 0 bridgehead atoms. The van der Waals surface area contributed by atoms with Gasteiger partial charge in [0, 0.05) is 45.5 Å². The molecular formula is C57H74O12Si. The van der Waals surface area contributed by atoms with E-state index in [1.165, 1.54) is 7.11 Å². The lowest BCUT2D eigenvalue weighted by Crippen LogP contribution is -2.50. The Morgan fingerprint density at radius 3 is 1.36 bits per heavy atom. The van der Waals surface area contributed by atoms with E-state index >= 15 is 0 Å².